The van der Waals surface area contributed by atoms with Crippen LogP contribution in [-0.2, 0) is 0 Å². The van der Waals surface area contributed by atoms with Crippen molar-refractivity contribution in [2.45, 2.75) is 28.2 Å². The zero-order chi connectivity index (χ0) is 25.8. The minimum Gasteiger partial charge on any atom is -0.497 e. The zero-order valence-electron chi connectivity index (χ0n) is 21.9. The van der Waals surface area contributed by atoms with Crippen molar-refractivity contribution in [1.82, 2.24) is 19.5 Å². The Kier molecular flexibility index (Phi) is 12.4. The summed E-state index contributed by atoms with van der Waals surface area (Å²) in [5.41, 5.74) is 14.6. The molecular formula is C29H43N7O. The number of methoxy groups -OCH3 is 1. The maximum Gasteiger partial charge on any atom is 0.118 e. The van der Waals surface area contributed by atoms with E-state index in [1.807, 2.05) is 55.2 Å². The molecule has 3 N–H and O–H groups in total. The first-order valence-corrected chi connectivity index (χ1v) is 12.6. The normalized spacial score (nSPS) is 12.9. The molecule has 0 amide bonds. The number of aromatic nitrogens is 3. The summed E-state index contributed by atoms with van der Waals surface area (Å²) in [5, 5.41) is 0. The number of hydrogen-bond acceptors (Lipinski definition) is 7. The van der Waals surface area contributed by atoms with Crippen LogP contribution in [0.2, 0.25) is 0 Å². The molecule has 1 aromatic heterocycles. The minimum atomic E-state index is 0. The molecule has 0 bridgehead atoms. The van der Waals surface area contributed by atoms with Gasteiger partial charge in [0.15, 0.2) is 0 Å². The Morgan fingerprint density at radius 1 is 0.946 bits per heavy atom. The fraction of sp³-hybridized carbons (Fsp3) is 0.379. The Morgan fingerprint density at radius 2 is 1.65 bits per heavy atom. The van der Waals surface area contributed by atoms with Gasteiger partial charge in [0.2, 0.25) is 0 Å². The topological polar surface area (TPSA) is 84.5 Å². The number of nitrogens with zero attached hydrogens (tertiary/aromatic N) is 5. The molecule has 0 spiro atoms. The maximum absolute atomic E-state index is 5.71. The summed E-state index contributed by atoms with van der Waals surface area (Å²) in [6.07, 6.45) is 8.78. The van der Waals surface area contributed by atoms with Gasteiger partial charge in [-0.1, -0.05) is 21.3 Å². The van der Waals surface area contributed by atoms with Gasteiger partial charge in [0.05, 0.1) is 24.7 Å². The van der Waals surface area contributed by atoms with Crippen LogP contribution in [0.1, 0.15) is 26.8 Å². The first-order valence-electron chi connectivity index (χ1n) is 12.6. The lowest BCUT2D eigenvalue weighted by Gasteiger charge is -2.36. The third-order valence-corrected chi connectivity index (χ3v) is 5.99. The van der Waals surface area contributed by atoms with E-state index in [0.717, 1.165) is 55.4 Å². The summed E-state index contributed by atoms with van der Waals surface area (Å²) in [7, 11) is 1.67. The summed E-state index contributed by atoms with van der Waals surface area (Å²) < 4.78 is 7.24. The van der Waals surface area contributed by atoms with E-state index < -0.39 is 0 Å². The molecule has 1 aliphatic rings. The van der Waals surface area contributed by atoms with Crippen molar-refractivity contribution in [2.75, 3.05) is 56.7 Å². The maximum atomic E-state index is 5.71. The second-order valence-corrected chi connectivity index (χ2v) is 8.24. The molecule has 1 saturated heterocycles. The minimum absolute atomic E-state index is 0. The molecule has 3 aromatic rings. The number of piperazine rings is 1. The Balaban J connectivity index is 0.00000157. The Morgan fingerprint density at radius 3 is 2.30 bits per heavy atom. The molecule has 2 aromatic carbocycles. The SMILES string of the molecule is C.CC.COc1ccc(-c2cnccnccn2Nc2ccc(N3CCN(CCN)CC3)c(C)c2)cc1. The van der Waals surface area contributed by atoms with Gasteiger partial charge in [-0.3, -0.25) is 25.0 Å². The molecule has 1 aliphatic heterocycles. The molecule has 2 heterocycles. The number of nitrogens with two attached hydrogens (primary N) is 1. The van der Waals surface area contributed by atoms with Crippen LogP contribution in [0.3, 0.4) is 0 Å². The van der Waals surface area contributed by atoms with Gasteiger partial charge in [-0.2, -0.15) is 0 Å². The van der Waals surface area contributed by atoms with E-state index >= 15 is 0 Å². The smallest absolute Gasteiger partial charge is 0.118 e. The zero-order valence-corrected chi connectivity index (χ0v) is 21.9. The van der Waals surface area contributed by atoms with Crippen LogP contribution in [0.25, 0.3) is 11.3 Å². The van der Waals surface area contributed by atoms with Crippen LogP contribution in [0, 0.1) is 6.92 Å². The Bertz CT molecular complexity index is 1120. The molecule has 1 fully saturated rings. The number of rotatable bonds is 7. The third-order valence-electron chi connectivity index (χ3n) is 5.99. The lowest BCUT2D eigenvalue weighted by Crippen LogP contribution is -2.48. The standard InChI is InChI=1S/C26H33N7O.C2H6.CH4/c1-21-19-23(5-8-25(21)32-17-15-31(13-9-27)16-18-32)30-33-14-12-28-10-11-29-20-26(33)22-3-6-24(34-2)7-4-22;1-2;/h3-8,10-12,14,19-20,30H,9,13,15-18,27H2,1-2H3;1-2H3;1H4. The van der Waals surface area contributed by atoms with E-state index in [1.165, 1.54) is 11.3 Å². The fourth-order valence-corrected chi connectivity index (χ4v) is 4.17. The number of anilines is 2. The van der Waals surface area contributed by atoms with Crippen LogP contribution < -0.4 is 20.8 Å². The fourth-order valence-electron chi connectivity index (χ4n) is 4.17. The van der Waals surface area contributed by atoms with Crippen molar-refractivity contribution < 1.29 is 4.74 Å². The second-order valence-electron chi connectivity index (χ2n) is 8.24. The summed E-state index contributed by atoms with van der Waals surface area (Å²) in [6, 6.07) is 14.4. The highest BCUT2D eigenvalue weighted by Crippen LogP contribution is 2.26. The molecule has 8 heteroatoms. The molecule has 0 radical (unpaired) electrons. The van der Waals surface area contributed by atoms with E-state index in [9.17, 15) is 0 Å². The van der Waals surface area contributed by atoms with E-state index in [2.05, 4.69) is 50.3 Å². The van der Waals surface area contributed by atoms with Crippen molar-refractivity contribution in [2.24, 2.45) is 5.73 Å². The summed E-state index contributed by atoms with van der Waals surface area (Å²) >= 11 is 0. The average molecular weight is 506 g/mol. The second kappa shape index (κ2) is 15.5. The third kappa shape index (κ3) is 8.20. The van der Waals surface area contributed by atoms with Crippen molar-refractivity contribution in [3.63, 3.8) is 0 Å². The van der Waals surface area contributed by atoms with Gasteiger partial charge in [-0.15, -0.1) is 0 Å². The highest BCUT2D eigenvalue weighted by Gasteiger charge is 2.18. The highest BCUT2D eigenvalue weighted by atomic mass is 16.5. The van der Waals surface area contributed by atoms with Gasteiger partial charge < -0.3 is 15.4 Å². The lowest BCUT2D eigenvalue weighted by atomic mass is 10.1. The summed E-state index contributed by atoms with van der Waals surface area (Å²) in [6.45, 7) is 12.0. The quantitative estimate of drug-likeness (QED) is 0.467. The monoisotopic (exact) mass is 505 g/mol. The first-order chi connectivity index (χ1) is 17.7. The highest BCUT2D eigenvalue weighted by molar-refractivity contribution is 5.63. The average Bonchev–Trinajstić information content (AvgIpc) is 3.03. The van der Waals surface area contributed by atoms with Gasteiger partial charge in [0.25, 0.3) is 0 Å². The molecule has 0 saturated carbocycles. The van der Waals surface area contributed by atoms with Crippen LogP contribution in [-0.4, -0.2) is 65.9 Å². The number of hydrogen-bond donors (Lipinski definition) is 2. The molecule has 8 nitrogen and oxygen atoms in total. The Hall–Kier alpha value is -3.62. The largest absolute Gasteiger partial charge is 0.497 e. The van der Waals surface area contributed by atoms with E-state index in [0.29, 0.717) is 6.54 Å². The molecule has 0 aliphatic carbocycles. The predicted octanol–water partition coefficient (Wildman–Crippen LogP) is 5.00. The Labute approximate surface area is 222 Å². The molecular weight excluding hydrogens is 462 g/mol. The van der Waals surface area contributed by atoms with Gasteiger partial charge in [-0.25, -0.2) is 0 Å². The van der Waals surface area contributed by atoms with Gasteiger partial charge >= 0.3 is 0 Å². The van der Waals surface area contributed by atoms with Gasteiger partial charge in [-0.05, 0) is 55.0 Å². The van der Waals surface area contributed by atoms with Crippen molar-refractivity contribution in [3.05, 3.63) is 79.0 Å². The van der Waals surface area contributed by atoms with Crippen molar-refractivity contribution in [3.8, 4) is 17.0 Å². The van der Waals surface area contributed by atoms with Crippen molar-refractivity contribution >= 4 is 11.4 Å². The van der Waals surface area contributed by atoms with E-state index in [1.54, 1.807) is 25.7 Å². The molecule has 0 unspecified atom stereocenters. The lowest BCUT2D eigenvalue weighted by molar-refractivity contribution is 0.265. The molecule has 0 atom stereocenters. The van der Waals surface area contributed by atoms with Gasteiger partial charge in [0, 0.05) is 75.3 Å². The number of nitrogens with one attached hydrogen (secondary N) is 1. The van der Waals surface area contributed by atoms with E-state index in [-0.39, 0.29) is 7.43 Å². The number of aryl methyl sites for hydroxylation is 1. The predicted molar refractivity (Wildman–Crippen MR) is 156 cm³/mol. The summed E-state index contributed by atoms with van der Waals surface area (Å²) in [5.74, 6) is 0.810. The van der Waals surface area contributed by atoms with Gasteiger partial charge in [0.1, 0.15) is 5.75 Å². The van der Waals surface area contributed by atoms with Crippen molar-refractivity contribution in [1.29, 1.82) is 0 Å². The van der Waals surface area contributed by atoms with Crippen LogP contribution in [0.4, 0.5) is 11.4 Å². The van der Waals surface area contributed by atoms with E-state index in [4.69, 9.17) is 10.5 Å². The molecule has 200 valence electrons. The first kappa shape index (κ1) is 29.6. The van der Waals surface area contributed by atoms with Crippen LogP contribution >= 0.6 is 0 Å². The number of ether oxygens (including phenoxy) is 1. The molecule has 4 rings (SSSR count). The molecule has 37 heavy (non-hydrogen) atoms. The summed E-state index contributed by atoms with van der Waals surface area (Å²) in [4.78, 5) is 13.5. The number of benzene rings is 2. The van der Waals surface area contributed by atoms with Crippen LogP contribution in [0.5, 0.6) is 5.75 Å². The van der Waals surface area contributed by atoms with Crippen LogP contribution in [0.15, 0.2) is 73.4 Å².